The van der Waals surface area contributed by atoms with Gasteiger partial charge >= 0.3 is 0 Å². The zero-order valence-corrected chi connectivity index (χ0v) is 16.0. The topological polar surface area (TPSA) is 81.8 Å². The number of carbonyl (C=O) groups excluding carboxylic acids is 3. The summed E-state index contributed by atoms with van der Waals surface area (Å²) in [5, 5.41) is 4.56. The van der Waals surface area contributed by atoms with Gasteiger partial charge in [0.25, 0.3) is 5.91 Å². The molecule has 0 aromatic heterocycles. The van der Waals surface area contributed by atoms with E-state index >= 15 is 0 Å². The first-order valence-corrected chi connectivity index (χ1v) is 9.50. The average molecular weight is 390 g/mol. The van der Waals surface area contributed by atoms with Gasteiger partial charge in [-0.05, 0) is 31.0 Å². The Bertz CT molecular complexity index is 973. The van der Waals surface area contributed by atoms with Gasteiger partial charge < -0.3 is 15.2 Å². The monoisotopic (exact) mass is 390 g/mol. The highest BCUT2D eigenvalue weighted by molar-refractivity contribution is 5.98. The summed E-state index contributed by atoms with van der Waals surface area (Å²) in [7, 11) is 0. The molecule has 2 N–H and O–H groups in total. The second kappa shape index (κ2) is 7.89. The van der Waals surface area contributed by atoms with Crippen LogP contribution < -0.4 is 10.7 Å². The molecule has 1 saturated heterocycles. The lowest BCUT2D eigenvalue weighted by Crippen LogP contribution is -2.49. The Kier molecular flexibility index (Phi) is 5.14. The number of nitrogens with one attached hydrogen (secondary N) is 2. The molecule has 29 heavy (non-hydrogen) atoms. The van der Waals surface area contributed by atoms with Crippen LogP contribution in [0.25, 0.3) is 0 Å². The minimum Gasteiger partial charge on any atom is -0.325 e. The lowest BCUT2D eigenvalue weighted by molar-refractivity contribution is -0.137. The van der Waals surface area contributed by atoms with E-state index in [2.05, 4.69) is 10.7 Å². The molecule has 0 aliphatic carbocycles. The van der Waals surface area contributed by atoms with E-state index in [-0.39, 0.29) is 36.2 Å². The van der Waals surface area contributed by atoms with Crippen LogP contribution >= 0.6 is 0 Å². The summed E-state index contributed by atoms with van der Waals surface area (Å²) >= 11 is 0. The first-order chi connectivity index (χ1) is 14.0. The van der Waals surface area contributed by atoms with Crippen molar-refractivity contribution in [3.05, 3.63) is 78.1 Å². The summed E-state index contributed by atoms with van der Waals surface area (Å²) in [4.78, 5) is 38.2. The quantitative estimate of drug-likeness (QED) is 0.767. The van der Waals surface area contributed by atoms with Crippen molar-refractivity contribution in [2.45, 2.75) is 25.4 Å². The zero-order chi connectivity index (χ0) is 20.4. The molecule has 0 radical (unpaired) electrons. The molecule has 2 heterocycles. The third-order valence-electron chi connectivity index (χ3n) is 5.14. The van der Waals surface area contributed by atoms with Crippen LogP contribution in [0, 0.1) is 0 Å². The van der Waals surface area contributed by atoms with Gasteiger partial charge in [0.15, 0.2) is 5.78 Å². The average Bonchev–Trinajstić information content (AvgIpc) is 3.16. The lowest BCUT2D eigenvalue weighted by atomic mass is 10.0. The molecule has 0 bridgehead atoms. The van der Waals surface area contributed by atoms with Crippen molar-refractivity contribution >= 4 is 23.3 Å². The fourth-order valence-corrected chi connectivity index (χ4v) is 3.64. The summed E-state index contributed by atoms with van der Waals surface area (Å²) in [5.41, 5.74) is 5.52. The number of nitrogens with zero attached hydrogens (tertiary/aromatic N) is 2. The van der Waals surface area contributed by atoms with Crippen LogP contribution in [-0.4, -0.2) is 40.1 Å². The number of rotatable bonds is 5. The maximum atomic E-state index is 12.9. The molecule has 2 unspecified atom stereocenters. The summed E-state index contributed by atoms with van der Waals surface area (Å²) in [6.07, 6.45) is 4.04. The molecular weight excluding hydrogens is 368 g/mol. The molecular formula is C22H22N4O3. The summed E-state index contributed by atoms with van der Waals surface area (Å²) < 4.78 is 0. The van der Waals surface area contributed by atoms with Crippen LogP contribution in [0.15, 0.2) is 67.0 Å². The van der Waals surface area contributed by atoms with E-state index in [1.54, 1.807) is 36.7 Å². The minimum atomic E-state index is -0.348. The number of ketones is 1. The Balaban J connectivity index is 1.39. The molecule has 2 aliphatic heterocycles. The molecule has 4 rings (SSSR count). The van der Waals surface area contributed by atoms with Crippen LogP contribution in [-0.2, 0) is 9.59 Å². The van der Waals surface area contributed by atoms with Crippen molar-refractivity contribution in [3.63, 3.8) is 0 Å². The Morgan fingerprint density at radius 3 is 2.66 bits per heavy atom. The van der Waals surface area contributed by atoms with Gasteiger partial charge in [-0.15, -0.1) is 0 Å². The maximum absolute atomic E-state index is 12.9. The first kappa shape index (κ1) is 18.9. The van der Waals surface area contributed by atoms with E-state index < -0.39 is 0 Å². The number of hydrogen-bond donors (Lipinski definition) is 2. The highest BCUT2D eigenvalue weighted by atomic mass is 16.2. The third kappa shape index (κ3) is 4.05. The molecule has 7 nitrogen and oxygen atoms in total. The zero-order valence-electron chi connectivity index (χ0n) is 16.0. The number of anilines is 1. The number of hydrazine groups is 1. The number of benzene rings is 2. The van der Waals surface area contributed by atoms with E-state index in [9.17, 15) is 14.4 Å². The fraction of sp³-hybridized carbons (Fsp3) is 0.227. The Labute approximate surface area is 169 Å². The molecule has 2 aliphatic rings. The van der Waals surface area contributed by atoms with Gasteiger partial charge in [0.2, 0.25) is 5.91 Å². The number of hydrogen-bond acceptors (Lipinski definition) is 5. The van der Waals surface area contributed by atoms with Crippen molar-refractivity contribution in [2.24, 2.45) is 0 Å². The predicted octanol–water partition coefficient (Wildman–Crippen LogP) is 2.46. The number of carbonyl (C=O) groups is 3. The second-order valence-electron chi connectivity index (χ2n) is 7.20. The van der Waals surface area contributed by atoms with E-state index in [1.807, 2.05) is 35.3 Å². The van der Waals surface area contributed by atoms with Crippen molar-refractivity contribution in [1.82, 2.24) is 15.3 Å². The van der Waals surface area contributed by atoms with Gasteiger partial charge in [0.05, 0.1) is 6.04 Å². The smallest absolute Gasteiger partial charge is 0.251 e. The molecule has 2 amide bonds. The van der Waals surface area contributed by atoms with Gasteiger partial charge in [-0.1, -0.05) is 42.5 Å². The van der Waals surface area contributed by atoms with E-state index in [1.165, 1.54) is 11.8 Å². The Morgan fingerprint density at radius 2 is 1.90 bits per heavy atom. The van der Waals surface area contributed by atoms with Gasteiger partial charge in [-0.2, -0.15) is 0 Å². The molecule has 148 valence electrons. The molecule has 2 aromatic rings. The van der Waals surface area contributed by atoms with E-state index in [0.717, 1.165) is 5.56 Å². The van der Waals surface area contributed by atoms with Crippen molar-refractivity contribution in [3.8, 4) is 0 Å². The van der Waals surface area contributed by atoms with Crippen molar-refractivity contribution < 1.29 is 14.4 Å². The van der Waals surface area contributed by atoms with Crippen LogP contribution in [0.4, 0.5) is 5.69 Å². The van der Waals surface area contributed by atoms with Crippen molar-refractivity contribution in [1.29, 1.82) is 0 Å². The number of fused-ring (bicyclic) bond motifs is 1. The van der Waals surface area contributed by atoms with Crippen LogP contribution in [0.2, 0.25) is 0 Å². The SMILES string of the molecule is CC(=O)c1cccc(NC(=O)CN2C=CN3NC(c4ccccc4)CC3C2=O)c1. The predicted molar refractivity (Wildman–Crippen MR) is 108 cm³/mol. The highest BCUT2D eigenvalue weighted by Gasteiger charge is 2.40. The number of Topliss-reactive ketones (excluding diaryl/α,β-unsaturated/α-hetero) is 1. The van der Waals surface area contributed by atoms with Gasteiger partial charge in [0, 0.05) is 23.7 Å². The van der Waals surface area contributed by atoms with Crippen molar-refractivity contribution in [2.75, 3.05) is 11.9 Å². The van der Waals surface area contributed by atoms with E-state index in [0.29, 0.717) is 17.7 Å². The van der Waals surface area contributed by atoms with E-state index in [4.69, 9.17) is 0 Å². The normalized spacial score (nSPS) is 20.5. The van der Waals surface area contributed by atoms with Gasteiger partial charge in [-0.25, -0.2) is 5.43 Å². The highest BCUT2D eigenvalue weighted by Crippen LogP contribution is 2.30. The summed E-state index contributed by atoms with van der Waals surface area (Å²) in [6, 6.07) is 16.4. The second-order valence-corrected chi connectivity index (χ2v) is 7.20. The Hall–Kier alpha value is -3.45. The maximum Gasteiger partial charge on any atom is 0.251 e. The Morgan fingerprint density at radius 1 is 1.10 bits per heavy atom. The molecule has 7 heteroatoms. The third-order valence-corrected chi connectivity index (χ3v) is 5.14. The summed E-state index contributed by atoms with van der Waals surface area (Å²) in [6.45, 7) is 1.39. The molecule has 2 aromatic carbocycles. The molecule has 1 fully saturated rings. The van der Waals surface area contributed by atoms with Gasteiger partial charge in [-0.3, -0.25) is 14.4 Å². The van der Waals surface area contributed by atoms with Gasteiger partial charge in [0.1, 0.15) is 12.6 Å². The minimum absolute atomic E-state index is 0.0536. The van der Waals surface area contributed by atoms with Crippen LogP contribution in [0.1, 0.15) is 35.3 Å². The summed E-state index contributed by atoms with van der Waals surface area (Å²) in [5.74, 6) is -0.508. The molecule has 0 saturated carbocycles. The first-order valence-electron chi connectivity index (χ1n) is 9.50. The van der Waals surface area contributed by atoms with Crippen LogP contribution in [0.5, 0.6) is 0 Å². The molecule has 0 spiro atoms. The lowest BCUT2D eigenvalue weighted by Gasteiger charge is -2.31. The largest absolute Gasteiger partial charge is 0.325 e. The van der Waals surface area contributed by atoms with Crippen LogP contribution in [0.3, 0.4) is 0 Å². The fourth-order valence-electron chi connectivity index (χ4n) is 3.64. The number of amides is 2. The standard InChI is InChI=1S/C22H22N4O3/c1-15(27)17-8-5-9-18(12-17)23-21(28)14-25-10-11-26-20(22(25)29)13-19(24-26)16-6-3-2-4-7-16/h2-12,19-20,24H,13-14H2,1H3,(H,23,28). The molecule has 2 atom stereocenters.